The molecule has 5 nitrogen and oxygen atoms in total. The Morgan fingerprint density at radius 1 is 1.14 bits per heavy atom. The van der Waals surface area contributed by atoms with Crippen LogP contribution in [-0.2, 0) is 0 Å². The van der Waals surface area contributed by atoms with Crippen molar-refractivity contribution in [3.8, 4) is 11.6 Å². The Labute approximate surface area is 142 Å². The van der Waals surface area contributed by atoms with E-state index in [-0.39, 0.29) is 24.8 Å². The highest BCUT2D eigenvalue weighted by atomic mass is 35.5. The summed E-state index contributed by atoms with van der Waals surface area (Å²) in [6.45, 7) is 3.93. The van der Waals surface area contributed by atoms with Crippen LogP contribution in [0, 0.1) is 6.92 Å². The molecule has 0 bridgehead atoms. The Morgan fingerprint density at radius 2 is 1.95 bits per heavy atom. The van der Waals surface area contributed by atoms with Crippen molar-refractivity contribution in [2.75, 3.05) is 13.1 Å². The number of halogens is 2. The quantitative estimate of drug-likeness (QED) is 0.927. The van der Waals surface area contributed by atoms with Crippen LogP contribution in [0.2, 0.25) is 0 Å². The van der Waals surface area contributed by atoms with Gasteiger partial charge in [-0.2, -0.15) is 0 Å². The highest BCUT2D eigenvalue weighted by Crippen LogP contribution is 2.31. The molecular formula is C15H20Cl2N4O. The normalized spacial score (nSPS) is 17.0. The van der Waals surface area contributed by atoms with E-state index in [0.717, 1.165) is 43.1 Å². The molecule has 1 N–H and O–H groups in total. The fraction of sp³-hybridized carbons (Fsp3) is 0.400. The summed E-state index contributed by atoms with van der Waals surface area (Å²) >= 11 is 0. The van der Waals surface area contributed by atoms with Crippen molar-refractivity contribution in [2.24, 2.45) is 0 Å². The summed E-state index contributed by atoms with van der Waals surface area (Å²) in [5, 5.41) is 3.40. The minimum absolute atomic E-state index is 0. The Balaban J connectivity index is 0.00000121. The average Bonchev–Trinajstić information content (AvgIpc) is 2.51. The van der Waals surface area contributed by atoms with E-state index in [1.54, 1.807) is 18.6 Å². The zero-order valence-corrected chi connectivity index (χ0v) is 14.0. The van der Waals surface area contributed by atoms with E-state index in [1.807, 2.05) is 19.1 Å². The van der Waals surface area contributed by atoms with Crippen LogP contribution in [-0.4, -0.2) is 28.0 Å². The molecule has 1 atom stereocenters. The van der Waals surface area contributed by atoms with Crippen molar-refractivity contribution < 1.29 is 4.74 Å². The lowest BCUT2D eigenvalue weighted by Crippen LogP contribution is -2.29. The summed E-state index contributed by atoms with van der Waals surface area (Å²) in [5.74, 6) is 1.69. The number of pyridine rings is 1. The fourth-order valence-corrected chi connectivity index (χ4v) is 2.46. The monoisotopic (exact) mass is 342 g/mol. The maximum Gasteiger partial charge on any atom is 0.241 e. The van der Waals surface area contributed by atoms with Gasteiger partial charge in [0, 0.05) is 31.1 Å². The molecule has 2 aromatic heterocycles. The van der Waals surface area contributed by atoms with Gasteiger partial charge in [-0.1, -0.05) is 0 Å². The van der Waals surface area contributed by atoms with Gasteiger partial charge in [0.05, 0.1) is 5.69 Å². The summed E-state index contributed by atoms with van der Waals surface area (Å²) in [6.07, 6.45) is 7.43. The standard InChI is InChI=1S/C15H18N4O.2ClH/c1-11-13(5-3-7-17-11)20-15-14(18-8-9-19-15)12-4-2-6-16-10-12;;/h3,5,7-9,12,16H,2,4,6,10H2,1H3;2*1H. The molecule has 0 saturated carbocycles. The zero-order valence-electron chi connectivity index (χ0n) is 12.4. The van der Waals surface area contributed by atoms with Gasteiger partial charge >= 0.3 is 0 Å². The second kappa shape index (κ2) is 8.88. The van der Waals surface area contributed by atoms with Gasteiger partial charge in [0.2, 0.25) is 5.88 Å². The van der Waals surface area contributed by atoms with E-state index in [0.29, 0.717) is 11.8 Å². The van der Waals surface area contributed by atoms with Gasteiger partial charge in [-0.25, -0.2) is 4.98 Å². The third kappa shape index (κ3) is 4.29. The highest BCUT2D eigenvalue weighted by molar-refractivity contribution is 5.85. The van der Waals surface area contributed by atoms with Crippen LogP contribution < -0.4 is 10.1 Å². The maximum atomic E-state index is 5.93. The molecule has 1 aliphatic rings. The van der Waals surface area contributed by atoms with Crippen LogP contribution in [0.15, 0.2) is 30.7 Å². The van der Waals surface area contributed by atoms with Crippen LogP contribution in [0.25, 0.3) is 0 Å². The fourth-order valence-electron chi connectivity index (χ4n) is 2.46. The second-order valence-electron chi connectivity index (χ2n) is 4.98. The van der Waals surface area contributed by atoms with E-state index in [4.69, 9.17) is 4.74 Å². The molecule has 22 heavy (non-hydrogen) atoms. The summed E-state index contributed by atoms with van der Waals surface area (Å²) in [6, 6.07) is 3.76. The number of nitrogens with zero attached hydrogens (tertiary/aromatic N) is 3. The van der Waals surface area contributed by atoms with Gasteiger partial charge < -0.3 is 10.1 Å². The first-order valence-electron chi connectivity index (χ1n) is 6.95. The molecule has 0 amide bonds. The number of hydrogen-bond acceptors (Lipinski definition) is 5. The molecule has 2 aromatic rings. The van der Waals surface area contributed by atoms with Crippen molar-refractivity contribution in [2.45, 2.75) is 25.7 Å². The van der Waals surface area contributed by atoms with Gasteiger partial charge in [-0.05, 0) is 38.4 Å². The van der Waals surface area contributed by atoms with Crippen molar-refractivity contribution in [3.63, 3.8) is 0 Å². The summed E-state index contributed by atoms with van der Waals surface area (Å²) in [4.78, 5) is 13.1. The summed E-state index contributed by atoms with van der Waals surface area (Å²) in [5.41, 5.74) is 1.79. The van der Waals surface area contributed by atoms with E-state index < -0.39 is 0 Å². The lowest BCUT2D eigenvalue weighted by Gasteiger charge is -2.23. The Bertz CT molecular complexity index is 591. The number of ether oxygens (including phenoxy) is 1. The van der Waals surface area contributed by atoms with Gasteiger partial charge in [0.1, 0.15) is 5.69 Å². The topological polar surface area (TPSA) is 59.9 Å². The van der Waals surface area contributed by atoms with Crippen LogP contribution in [0.5, 0.6) is 11.6 Å². The van der Waals surface area contributed by atoms with Gasteiger partial charge in [-0.15, -0.1) is 24.8 Å². The number of rotatable bonds is 3. The van der Waals surface area contributed by atoms with Gasteiger partial charge in [0.25, 0.3) is 0 Å². The lowest BCUT2D eigenvalue weighted by atomic mass is 9.96. The second-order valence-corrected chi connectivity index (χ2v) is 4.98. The number of piperidine rings is 1. The average molecular weight is 343 g/mol. The minimum atomic E-state index is 0. The van der Waals surface area contributed by atoms with E-state index in [2.05, 4.69) is 20.3 Å². The Kier molecular flexibility index (Phi) is 7.51. The predicted octanol–water partition coefficient (Wildman–Crippen LogP) is 3.28. The zero-order chi connectivity index (χ0) is 13.8. The molecule has 3 heterocycles. The van der Waals surface area contributed by atoms with E-state index >= 15 is 0 Å². The SMILES string of the molecule is Cc1ncccc1Oc1nccnc1C1CCCNC1.Cl.Cl. The highest BCUT2D eigenvalue weighted by Gasteiger charge is 2.21. The molecule has 7 heteroatoms. The summed E-state index contributed by atoms with van der Waals surface area (Å²) in [7, 11) is 0. The summed E-state index contributed by atoms with van der Waals surface area (Å²) < 4.78 is 5.93. The Morgan fingerprint density at radius 3 is 2.68 bits per heavy atom. The molecule has 0 spiro atoms. The molecule has 3 rings (SSSR count). The lowest BCUT2D eigenvalue weighted by molar-refractivity contribution is 0.409. The first-order chi connectivity index (χ1) is 9.84. The maximum absolute atomic E-state index is 5.93. The Hall–Kier alpha value is -1.43. The van der Waals surface area contributed by atoms with E-state index in [9.17, 15) is 0 Å². The van der Waals surface area contributed by atoms with Crippen molar-refractivity contribution in [3.05, 3.63) is 42.1 Å². The largest absolute Gasteiger partial charge is 0.435 e. The minimum Gasteiger partial charge on any atom is -0.435 e. The van der Waals surface area contributed by atoms with Crippen molar-refractivity contribution >= 4 is 24.8 Å². The van der Waals surface area contributed by atoms with Crippen molar-refractivity contribution in [1.82, 2.24) is 20.3 Å². The molecule has 0 aromatic carbocycles. The smallest absolute Gasteiger partial charge is 0.241 e. The first kappa shape index (κ1) is 18.6. The number of hydrogen-bond donors (Lipinski definition) is 1. The molecule has 1 saturated heterocycles. The van der Waals surface area contributed by atoms with Crippen LogP contribution in [0.4, 0.5) is 0 Å². The van der Waals surface area contributed by atoms with Gasteiger partial charge in [-0.3, -0.25) is 9.97 Å². The van der Waals surface area contributed by atoms with E-state index in [1.165, 1.54) is 0 Å². The number of aromatic nitrogens is 3. The molecule has 1 unspecified atom stereocenters. The number of aryl methyl sites for hydroxylation is 1. The van der Waals surface area contributed by atoms with Crippen LogP contribution in [0.3, 0.4) is 0 Å². The predicted molar refractivity (Wildman–Crippen MR) is 90.4 cm³/mol. The molecule has 0 radical (unpaired) electrons. The molecule has 1 aliphatic heterocycles. The third-order valence-corrected chi connectivity index (χ3v) is 3.54. The molecule has 120 valence electrons. The first-order valence-corrected chi connectivity index (χ1v) is 6.95. The number of nitrogens with one attached hydrogen (secondary N) is 1. The van der Waals surface area contributed by atoms with Crippen LogP contribution in [0.1, 0.15) is 30.1 Å². The third-order valence-electron chi connectivity index (χ3n) is 3.54. The molecule has 1 fully saturated rings. The molecule has 0 aliphatic carbocycles. The van der Waals surface area contributed by atoms with Gasteiger partial charge in [0.15, 0.2) is 5.75 Å². The van der Waals surface area contributed by atoms with Crippen LogP contribution >= 0.6 is 24.8 Å². The molecular weight excluding hydrogens is 323 g/mol. The van der Waals surface area contributed by atoms with Crippen molar-refractivity contribution in [1.29, 1.82) is 0 Å².